The number of nitrogens with zero attached hydrogens (tertiary/aromatic N) is 2. The van der Waals surface area contributed by atoms with Crippen LogP contribution >= 0.6 is 11.6 Å². The third kappa shape index (κ3) is 5.31. The molecule has 1 saturated carbocycles. The first kappa shape index (κ1) is 27.1. The zero-order chi connectivity index (χ0) is 27.9. The Kier molecular flexibility index (Phi) is 7.48. The summed E-state index contributed by atoms with van der Waals surface area (Å²) in [6.07, 6.45) is 8.26. The Hall–Kier alpha value is -3.10. The SMILES string of the molecule is Cc1ccc(C(C(=O)Nc2ccc3c(c2)N(CC2CCC2)C[C@@]2(CCCc4cc(Cl)ccc42)CO3)[SH](=O)=O)cn1. The van der Waals surface area contributed by atoms with Crippen molar-refractivity contribution in [3.8, 4) is 5.75 Å². The Morgan fingerprint density at radius 3 is 2.75 bits per heavy atom. The molecule has 1 spiro atoms. The topological polar surface area (TPSA) is 88.6 Å². The molecule has 9 heteroatoms. The van der Waals surface area contributed by atoms with E-state index in [0.29, 0.717) is 23.8 Å². The second-order valence-electron chi connectivity index (χ2n) is 11.5. The van der Waals surface area contributed by atoms with E-state index in [9.17, 15) is 13.2 Å². The molecule has 3 aliphatic rings. The summed E-state index contributed by atoms with van der Waals surface area (Å²) in [4.78, 5) is 19.8. The molecule has 2 heterocycles. The second kappa shape index (κ2) is 11.1. The van der Waals surface area contributed by atoms with Gasteiger partial charge in [-0.25, -0.2) is 8.42 Å². The van der Waals surface area contributed by atoms with Crippen molar-refractivity contribution in [3.63, 3.8) is 0 Å². The van der Waals surface area contributed by atoms with Gasteiger partial charge in [-0.2, -0.15) is 0 Å². The number of fused-ring (bicyclic) bond motifs is 3. The van der Waals surface area contributed by atoms with Crippen LogP contribution in [0.3, 0.4) is 0 Å². The largest absolute Gasteiger partial charge is 0.490 e. The second-order valence-corrected chi connectivity index (χ2v) is 13.0. The van der Waals surface area contributed by atoms with E-state index >= 15 is 0 Å². The van der Waals surface area contributed by atoms with Crippen LogP contribution in [0, 0.1) is 12.8 Å². The Balaban J connectivity index is 1.32. The summed E-state index contributed by atoms with van der Waals surface area (Å²) >= 11 is 6.36. The summed E-state index contributed by atoms with van der Waals surface area (Å²) < 4.78 is 30.8. The Bertz CT molecular complexity index is 1500. The molecule has 0 bridgehead atoms. The number of amides is 1. The fraction of sp³-hybridized carbons (Fsp3) is 0.419. The highest BCUT2D eigenvalue weighted by Gasteiger charge is 2.42. The summed E-state index contributed by atoms with van der Waals surface area (Å²) in [6.45, 7) is 4.12. The van der Waals surface area contributed by atoms with Crippen LogP contribution in [-0.4, -0.2) is 39.0 Å². The van der Waals surface area contributed by atoms with Crippen LogP contribution in [0.25, 0.3) is 0 Å². The van der Waals surface area contributed by atoms with Gasteiger partial charge < -0.3 is 15.0 Å². The average molecular weight is 580 g/mol. The molecule has 1 fully saturated rings. The van der Waals surface area contributed by atoms with Crippen molar-refractivity contribution in [2.24, 2.45) is 5.92 Å². The quantitative estimate of drug-likeness (QED) is 0.369. The number of thiol groups is 1. The lowest BCUT2D eigenvalue weighted by Gasteiger charge is -2.42. The Morgan fingerprint density at radius 1 is 1.18 bits per heavy atom. The first-order chi connectivity index (χ1) is 19.3. The van der Waals surface area contributed by atoms with Gasteiger partial charge >= 0.3 is 0 Å². The molecule has 1 N–H and O–H groups in total. The van der Waals surface area contributed by atoms with E-state index in [1.54, 1.807) is 18.2 Å². The number of carbonyl (C=O) groups is 1. The third-order valence-corrected chi connectivity index (χ3v) is 9.91. The van der Waals surface area contributed by atoms with Gasteiger partial charge in [-0.05, 0) is 98.0 Å². The predicted octanol–water partition coefficient (Wildman–Crippen LogP) is 5.61. The molecule has 0 radical (unpaired) electrons. The maximum Gasteiger partial charge on any atom is 0.247 e. The number of nitrogens with one attached hydrogen (secondary N) is 1. The van der Waals surface area contributed by atoms with Gasteiger partial charge in [0.15, 0.2) is 16.0 Å². The molecule has 3 aromatic rings. The van der Waals surface area contributed by atoms with Crippen molar-refractivity contribution >= 4 is 39.6 Å². The van der Waals surface area contributed by atoms with Crippen LogP contribution in [0.5, 0.6) is 5.75 Å². The molecule has 7 nitrogen and oxygen atoms in total. The molecule has 1 aromatic heterocycles. The molecule has 2 aromatic carbocycles. The van der Waals surface area contributed by atoms with Crippen molar-refractivity contribution < 1.29 is 17.9 Å². The highest BCUT2D eigenvalue weighted by atomic mass is 35.5. The maximum atomic E-state index is 13.2. The van der Waals surface area contributed by atoms with E-state index in [1.807, 2.05) is 25.1 Å². The lowest BCUT2D eigenvalue weighted by Crippen LogP contribution is -2.47. The number of hydrogen-bond acceptors (Lipinski definition) is 6. The van der Waals surface area contributed by atoms with Gasteiger partial charge in [-0.1, -0.05) is 30.2 Å². The van der Waals surface area contributed by atoms with Gasteiger partial charge in [-0.3, -0.25) is 9.78 Å². The van der Waals surface area contributed by atoms with E-state index in [2.05, 4.69) is 27.3 Å². The summed E-state index contributed by atoms with van der Waals surface area (Å²) in [5, 5.41) is 2.30. The van der Waals surface area contributed by atoms with Crippen LogP contribution in [0.1, 0.15) is 59.7 Å². The number of aromatic nitrogens is 1. The van der Waals surface area contributed by atoms with E-state index in [4.69, 9.17) is 16.3 Å². The van der Waals surface area contributed by atoms with Crippen LogP contribution < -0.4 is 15.0 Å². The number of rotatable bonds is 6. The van der Waals surface area contributed by atoms with Gasteiger partial charge in [-0.15, -0.1) is 0 Å². The predicted molar refractivity (Wildman–Crippen MR) is 158 cm³/mol. The van der Waals surface area contributed by atoms with Crippen molar-refractivity contribution in [1.82, 2.24) is 4.98 Å². The molecule has 210 valence electrons. The molecule has 1 amide bonds. The van der Waals surface area contributed by atoms with E-state index in [0.717, 1.165) is 54.5 Å². The van der Waals surface area contributed by atoms with Crippen LogP contribution in [0.4, 0.5) is 11.4 Å². The van der Waals surface area contributed by atoms with E-state index in [1.165, 1.54) is 36.6 Å². The van der Waals surface area contributed by atoms with Crippen molar-refractivity contribution in [2.45, 2.75) is 56.1 Å². The Morgan fingerprint density at radius 2 is 2.02 bits per heavy atom. The van der Waals surface area contributed by atoms with Gasteiger partial charge in [0.1, 0.15) is 5.75 Å². The van der Waals surface area contributed by atoms with Gasteiger partial charge in [0.2, 0.25) is 5.91 Å². The van der Waals surface area contributed by atoms with E-state index < -0.39 is 21.9 Å². The van der Waals surface area contributed by atoms with Crippen LogP contribution in [0.2, 0.25) is 5.02 Å². The molecule has 6 rings (SSSR count). The zero-order valence-electron chi connectivity index (χ0n) is 22.6. The number of hydrogen-bond donors (Lipinski definition) is 2. The minimum absolute atomic E-state index is 0.158. The van der Waals surface area contributed by atoms with Crippen LogP contribution in [-0.2, 0) is 27.3 Å². The van der Waals surface area contributed by atoms with Gasteiger partial charge in [0.25, 0.3) is 0 Å². The van der Waals surface area contributed by atoms with Crippen LogP contribution in [0.15, 0.2) is 54.7 Å². The summed E-state index contributed by atoms with van der Waals surface area (Å²) in [7, 11) is -3.05. The zero-order valence-corrected chi connectivity index (χ0v) is 24.2. The van der Waals surface area contributed by atoms with Gasteiger partial charge in [0.05, 0.1) is 12.3 Å². The summed E-state index contributed by atoms with van der Waals surface area (Å²) in [5.74, 6) is 0.804. The molecule has 1 unspecified atom stereocenters. The number of benzene rings is 2. The highest BCUT2D eigenvalue weighted by Crippen LogP contribution is 2.46. The molecular formula is C31H34ClN3O4S. The third-order valence-electron chi connectivity index (χ3n) is 8.72. The lowest BCUT2D eigenvalue weighted by atomic mass is 9.70. The fourth-order valence-corrected chi connectivity index (χ4v) is 7.25. The summed E-state index contributed by atoms with van der Waals surface area (Å²) in [6, 6.07) is 15.2. The summed E-state index contributed by atoms with van der Waals surface area (Å²) in [5.41, 5.74) is 5.03. The van der Waals surface area contributed by atoms with Crippen molar-refractivity contribution in [3.05, 3.63) is 82.1 Å². The highest BCUT2D eigenvalue weighted by molar-refractivity contribution is 7.73. The average Bonchev–Trinajstić information content (AvgIpc) is 3.04. The lowest BCUT2D eigenvalue weighted by molar-refractivity contribution is -0.115. The Labute approximate surface area is 241 Å². The number of anilines is 2. The molecular weight excluding hydrogens is 546 g/mol. The molecule has 0 saturated heterocycles. The first-order valence-corrected chi connectivity index (χ1v) is 15.6. The van der Waals surface area contributed by atoms with Crippen molar-refractivity contribution in [2.75, 3.05) is 29.9 Å². The smallest absolute Gasteiger partial charge is 0.247 e. The molecule has 2 aliphatic carbocycles. The van der Waals surface area contributed by atoms with Crippen molar-refractivity contribution in [1.29, 1.82) is 0 Å². The number of pyridine rings is 1. The minimum atomic E-state index is -3.05. The molecule has 1 aliphatic heterocycles. The van der Waals surface area contributed by atoms with Gasteiger partial charge in [0, 0.05) is 41.1 Å². The van der Waals surface area contributed by atoms with E-state index in [-0.39, 0.29) is 5.41 Å². The number of aryl methyl sites for hydroxylation is 2. The fourth-order valence-electron chi connectivity index (χ4n) is 6.40. The standard InChI is InChI=1S/C31H34ClN3O4S/c1-20-7-8-23(16-33-20)29(40(37)38)30(36)34-25-10-12-28-27(15-25)35(17-21-4-2-5-21)18-31(19-39-28)13-3-6-22-14-24(32)9-11-26(22)31/h7-12,14-16,21,29,40H,2-6,13,17-19H2,1H3,(H,34,36)/t29?,31-/m0/s1. The number of ether oxygens (including phenoxy) is 1. The number of halogens is 1. The minimum Gasteiger partial charge on any atom is -0.490 e. The first-order valence-electron chi connectivity index (χ1n) is 14.0. The molecule has 2 atom stereocenters. The monoisotopic (exact) mass is 579 g/mol. The normalized spacial score (nSPS) is 21.1. The maximum absolute atomic E-state index is 13.2. The molecule has 40 heavy (non-hydrogen) atoms. The number of carbonyl (C=O) groups excluding carboxylic acids is 1.